The first-order valence-electron chi connectivity index (χ1n) is 7.76. The van der Waals surface area contributed by atoms with Gasteiger partial charge in [-0.05, 0) is 43.2 Å². The van der Waals surface area contributed by atoms with Crippen LogP contribution in [0.25, 0.3) is 0 Å². The number of hydrogen-bond donors (Lipinski definition) is 2. The Labute approximate surface area is 151 Å². The molecule has 1 aromatic heterocycles. The van der Waals surface area contributed by atoms with E-state index in [4.69, 9.17) is 11.6 Å². The third-order valence-corrected chi connectivity index (χ3v) is 4.23. The van der Waals surface area contributed by atoms with Gasteiger partial charge < -0.3 is 10.6 Å². The first-order chi connectivity index (χ1) is 12.0. The summed E-state index contributed by atoms with van der Waals surface area (Å²) in [4.78, 5) is 20.7. The fraction of sp³-hybridized carbons (Fsp3) is 0.105. The maximum atomic E-state index is 12.4. The van der Waals surface area contributed by atoms with E-state index >= 15 is 0 Å². The van der Waals surface area contributed by atoms with E-state index in [0.717, 1.165) is 22.5 Å². The Morgan fingerprint density at radius 3 is 2.56 bits per heavy atom. The molecular formula is C19H17ClN4O. The molecule has 5 nitrogen and oxygen atoms in total. The van der Waals surface area contributed by atoms with Crippen molar-refractivity contribution in [1.82, 2.24) is 9.97 Å². The lowest BCUT2D eigenvalue weighted by atomic mass is 10.2. The van der Waals surface area contributed by atoms with Gasteiger partial charge in [0, 0.05) is 22.5 Å². The van der Waals surface area contributed by atoms with Gasteiger partial charge >= 0.3 is 0 Å². The van der Waals surface area contributed by atoms with Gasteiger partial charge in [-0.15, -0.1) is 0 Å². The largest absolute Gasteiger partial charge is 0.340 e. The predicted octanol–water partition coefficient (Wildman–Crippen LogP) is 4.74. The monoisotopic (exact) mass is 352 g/mol. The molecule has 0 unspecified atom stereocenters. The lowest BCUT2D eigenvalue weighted by Crippen LogP contribution is -2.15. The summed E-state index contributed by atoms with van der Waals surface area (Å²) in [7, 11) is 0. The smallest absolute Gasteiger partial charge is 0.274 e. The molecule has 3 rings (SSSR count). The van der Waals surface area contributed by atoms with Gasteiger partial charge in [-0.1, -0.05) is 35.9 Å². The van der Waals surface area contributed by atoms with Crippen LogP contribution in [0, 0.1) is 13.8 Å². The second-order valence-electron chi connectivity index (χ2n) is 5.59. The van der Waals surface area contributed by atoms with Gasteiger partial charge in [-0.3, -0.25) is 4.79 Å². The summed E-state index contributed by atoms with van der Waals surface area (Å²) < 4.78 is 0. The fourth-order valence-electron chi connectivity index (χ4n) is 2.33. The van der Waals surface area contributed by atoms with Crippen molar-refractivity contribution in [3.8, 4) is 0 Å². The van der Waals surface area contributed by atoms with E-state index in [0.29, 0.717) is 10.8 Å². The SMILES string of the molecule is Cc1ccccc1NC(=O)c1cc(Nc2cccc(Cl)c2C)ncn1. The molecule has 0 aliphatic heterocycles. The number of rotatable bonds is 4. The standard InChI is InChI=1S/C19H17ClN4O/c1-12-6-3-4-8-15(12)24-19(25)17-10-18(22-11-21-17)23-16-9-5-7-14(20)13(16)2/h3-11H,1-2H3,(H,24,25)(H,21,22,23). The molecule has 0 atom stereocenters. The molecule has 0 fully saturated rings. The van der Waals surface area contributed by atoms with Crippen molar-refractivity contribution in [1.29, 1.82) is 0 Å². The van der Waals surface area contributed by atoms with E-state index in [1.54, 1.807) is 6.07 Å². The maximum Gasteiger partial charge on any atom is 0.274 e. The van der Waals surface area contributed by atoms with Crippen LogP contribution in [0.4, 0.5) is 17.2 Å². The van der Waals surface area contributed by atoms with Crippen molar-refractivity contribution in [3.63, 3.8) is 0 Å². The number of amides is 1. The second-order valence-corrected chi connectivity index (χ2v) is 6.00. The Kier molecular flexibility index (Phi) is 4.95. The van der Waals surface area contributed by atoms with Crippen molar-refractivity contribution in [2.75, 3.05) is 10.6 Å². The van der Waals surface area contributed by atoms with Crippen molar-refractivity contribution in [2.24, 2.45) is 0 Å². The molecule has 0 radical (unpaired) electrons. The summed E-state index contributed by atoms with van der Waals surface area (Å²) in [5.41, 5.74) is 3.76. The molecule has 0 saturated heterocycles. The topological polar surface area (TPSA) is 66.9 Å². The summed E-state index contributed by atoms with van der Waals surface area (Å²) in [6, 6.07) is 14.8. The van der Waals surface area contributed by atoms with Crippen LogP contribution in [0.1, 0.15) is 21.6 Å². The minimum absolute atomic E-state index is 0.278. The number of halogens is 1. The molecule has 126 valence electrons. The number of aromatic nitrogens is 2. The number of para-hydroxylation sites is 1. The summed E-state index contributed by atoms with van der Waals surface area (Å²) >= 11 is 6.13. The second kappa shape index (κ2) is 7.32. The van der Waals surface area contributed by atoms with Crippen molar-refractivity contribution in [3.05, 3.63) is 76.7 Å². The number of hydrogen-bond acceptors (Lipinski definition) is 4. The van der Waals surface area contributed by atoms with Gasteiger partial charge in [-0.25, -0.2) is 9.97 Å². The van der Waals surface area contributed by atoms with Gasteiger partial charge in [0.2, 0.25) is 0 Å². The molecule has 0 spiro atoms. The summed E-state index contributed by atoms with van der Waals surface area (Å²) in [6.07, 6.45) is 1.36. The number of carbonyl (C=O) groups excluding carboxylic acids is 1. The Morgan fingerprint density at radius 1 is 1.00 bits per heavy atom. The Bertz CT molecular complexity index is 927. The number of nitrogens with zero attached hydrogens (tertiary/aromatic N) is 2. The minimum Gasteiger partial charge on any atom is -0.340 e. The molecular weight excluding hydrogens is 336 g/mol. The molecule has 2 N–H and O–H groups in total. The summed E-state index contributed by atoms with van der Waals surface area (Å²) in [5.74, 6) is 0.234. The zero-order chi connectivity index (χ0) is 17.8. The van der Waals surface area contributed by atoms with Crippen LogP contribution in [-0.2, 0) is 0 Å². The summed E-state index contributed by atoms with van der Waals surface area (Å²) in [6.45, 7) is 3.85. The van der Waals surface area contributed by atoms with Crippen molar-refractivity contribution >= 4 is 34.7 Å². The number of nitrogens with one attached hydrogen (secondary N) is 2. The molecule has 1 heterocycles. The predicted molar refractivity (Wildman–Crippen MR) is 101 cm³/mol. The van der Waals surface area contributed by atoms with Gasteiger partial charge in [-0.2, -0.15) is 0 Å². The number of carbonyl (C=O) groups is 1. The Morgan fingerprint density at radius 2 is 1.76 bits per heavy atom. The first-order valence-corrected chi connectivity index (χ1v) is 8.13. The van der Waals surface area contributed by atoms with Crippen LogP contribution in [0.5, 0.6) is 0 Å². The van der Waals surface area contributed by atoms with Crippen LogP contribution in [0.3, 0.4) is 0 Å². The highest BCUT2D eigenvalue weighted by atomic mass is 35.5. The molecule has 0 saturated carbocycles. The normalized spacial score (nSPS) is 10.4. The molecule has 0 aliphatic rings. The van der Waals surface area contributed by atoms with Gasteiger partial charge in [0.15, 0.2) is 0 Å². The highest BCUT2D eigenvalue weighted by Gasteiger charge is 2.11. The van der Waals surface area contributed by atoms with Crippen LogP contribution in [-0.4, -0.2) is 15.9 Å². The molecule has 1 amide bonds. The average Bonchev–Trinajstić information content (AvgIpc) is 2.61. The van der Waals surface area contributed by atoms with Crippen LogP contribution >= 0.6 is 11.6 Å². The van der Waals surface area contributed by atoms with E-state index in [-0.39, 0.29) is 11.6 Å². The van der Waals surface area contributed by atoms with Gasteiger partial charge in [0.05, 0.1) is 0 Å². The molecule has 6 heteroatoms. The number of benzene rings is 2. The summed E-state index contributed by atoms with van der Waals surface area (Å²) in [5, 5.41) is 6.69. The maximum absolute atomic E-state index is 12.4. The first kappa shape index (κ1) is 16.9. The van der Waals surface area contributed by atoms with Gasteiger partial charge in [0.25, 0.3) is 5.91 Å². The van der Waals surface area contributed by atoms with Crippen LogP contribution in [0.15, 0.2) is 54.9 Å². The zero-order valence-electron chi connectivity index (χ0n) is 13.9. The zero-order valence-corrected chi connectivity index (χ0v) is 14.6. The van der Waals surface area contributed by atoms with E-state index in [1.807, 2.05) is 56.3 Å². The van der Waals surface area contributed by atoms with Crippen LogP contribution in [0.2, 0.25) is 5.02 Å². The minimum atomic E-state index is -0.289. The van der Waals surface area contributed by atoms with E-state index in [1.165, 1.54) is 6.33 Å². The quantitative estimate of drug-likeness (QED) is 0.711. The molecule has 0 bridgehead atoms. The lowest BCUT2D eigenvalue weighted by molar-refractivity contribution is 0.102. The average molecular weight is 353 g/mol. The number of aryl methyl sites for hydroxylation is 1. The number of anilines is 3. The van der Waals surface area contributed by atoms with Crippen LogP contribution < -0.4 is 10.6 Å². The Hall–Kier alpha value is -2.92. The fourth-order valence-corrected chi connectivity index (χ4v) is 2.50. The Balaban J connectivity index is 1.80. The highest BCUT2D eigenvalue weighted by Crippen LogP contribution is 2.25. The molecule has 3 aromatic rings. The van der Waals surface area contributed by atoms with Crippen molar-refractivity contribution in [2.45, 2.75) is 13.8 Å². The van der Waals surface area contributed by atoms with E-state index < -0.39 is 0 Å². The molecule has 0 aliphatic carbocycles. The van der Waals surface area contributed by atoms with Gasteiger partial charge in [0.1, 0.15) is 17.8 Å². The van der Waals surface area contributed by atoms with Crippen molar-refractivity contribution < 1.29 is 4.79 Å². The van der Waals surface area contributed by atoms with E-state index in [9.17, 15) is 4.79 Å². The lowest BCUT2D eigenvalue weighted by Gasteiger charge is -2.11. The third-order valence-electron chi connectivity index (χ3n) is 3.82. The van der Waals surface area contributed by atoms with E-state index in [2.05, 4.69) is 20.6 Å². The highest BCUT2D eigenvalue weighted by molar-refractivity contribution is 6.31. The molecule has 25 heavy (non-hydrogen) atoms. The molecule has 2 aromatic carbocycles. The third kappa shape index (κ3) is 3.95.